The summed E-state index contributed by atoms with van der Waals surface area (Å²) in [5.41, 5.74) is 3.61. The van der Waals surface area contributed by atoms with E-state index in [1.807, 2.05) is 37.3 Å². The molecule has 6 nitrogen and oxygen atoms in total. The monoisotopic (exact) mass is 448 g/mol. The Hall–Kier alpha value is -3.64. The molecule has 4 aromatic rings. The van der Waals surface area contributed by atoms with E-state index in [1.54, 1.807) is 31.6 Å². The van der Waals surface area contributed by atoms with Crippen molar-refractivity contribution in [2.45, 2.75) is 19.3 Å². The Morgan fingerprint density at radius 3 is 2.47 bits per heavy atom. The van der Waals surface area contributed by atoms with E-state index in [-0.39, 0.29) is 5.56 Å². The van der Waals surface area contributed by atoms with Crippen LogP contribution in [-0.4, -0.2) is 29.0 Å². The van der Waals surface area contributed by atoms with E-state index in [4.69, 9.17) is 21.1 Å². The molecule has 0 bridgehead atoms. The number of carbonyl (C=O) groups excluding carboxylic acids is 2. The van der Waals surface area contributed by atoms with Crippen molar-refractivity contribution in [3.63, 3.8) is 0 Å². The van der Waals surface area contributed by atoms with E-state index in [9.17, 15) is 9.59 Å². The molecule has 2 aromatic heterocycles. The third kappa shape index (κ3) is 4.50. The van der Waals surface area contributed by atoms with Crippen LogP contribution in [0.3, 0.4) is 0 Å². The molecule has 1 atom stereocenters. The van der Waals surface area contributed by atoms with Crippen molar-refractivity contribution in [2.75, 3.05) is 7.11 Å². The van der Waals surface area contributed by atoms with E-state index in [1.165, 1.54) is 12.1 Å². The summed E-state index contributed by atoms with van der Waals surface area (Å²) in [6, 6.07) is 15.5. The topological polar surface area (TPSA) is 81.3 Å². The van der Waals surface area contributed by atoms with Crippen molar-refractivity contribution in [2.24, 2.45) is 0 Å². The van der Waals surface area contributed by atoms with Gasteiger partial charge in [-0.1, -0.05) is 11.6 Å². The Balaban J connectivity index is 1.73. The number of halogens is 1. The number of carbonyl (C=O) groups is 2. The highest BCUT2D eigenvalue weighted by Gasteiger charge is 2.30. The molecule has 0 aliphatic carbocycles. The molecule has 0 saturated heterocycles. The standard InChI is InChI=1S/C25H21ClN2O4/c1-15-23(20-14-19(31-2)7-8-22(20)28-15)21(13-16-9-11-27-12-10-16)25(30)32-24(29)17-3-5-18(26)6-4-17/h3-12,14,21,28H,13H2,1-2H3. The van der Waals surface area contributed by atoms with Crippen molar-refractivity contribution >= 4 is 34.4 Å². The lowest BCUT2D eigenvalue weighted by atomic mass is 9.90. The van der Waals surface area contributed by atoms with Gasteiger partial charge >= 0.3 is 11.9 Å². The highest BCUT2D eigenvalue weighted by Crippen LogP contribution is 2.34. The molecule has 0 aliphatic heterocycles. The molecule has 162 valence electrons. The number of ether oxygens (including phenoxy) is 2. The predicted octanol–water partition coefficient (Wildman–Crippen LogP) is 5.24. The first-order valence-corrected chi connectivity index (χ1v) is 10.4. The van der Waals surface area contributed by atoms with Gasteiger partial charge in [0, 0.05) is 34.0 Å². The van der Waals surface area contributed by atoms with Gasteiger partial charge in [-0.3, -0.25) is 9.78 Å². The molecular formula is C25H21ClN2O4. The summed E-state index contributed by atoms with van der Waals surface area (Å²) < 4.78 is 10.7. The molecule has 1 unspecified atom stereocenters. The van der Waals surface area contributed by atoms with Gasteiger partial charge in [-0.2, -0.15) is 0 Å². The van der Waals surface area contributed by atoms with E-state index in [0.29, 0.717) is 17.2 Å². The van der Waals surface area contributed by atoms with Crippen LogP contribution in [0.5, 0.6) is 5.75 Å². The highest BCUT2D eigenvalue weighted by atomic mass is 35.5. The molecule has 0 aliphatic rings. The average Bonchev–Trinajstić information content (AvgIpc) is 3.13. The molecule has 0 saturated carbocycles. The molecule has 1 N–H and O–H groups in total. The van der Waals surface area contributed by atoms with Crippen molar-refractivity contribution in [3.05, 3.63) is 94.4 Å². The summed E-state index contributed by atoms with van der Waals surface area (Å²) in [6.45, 7) is 1.90. The zero-order valence-electron chi connectivity index (χ0n) is 17.6. The quantitative estimate of drug-likeness (QED) is 0.322. The smallest absolute Gasteiger partial charge is 0.345 e. The lowest BCUT2D eigenvalue weighted by Gasteiger charge is -2.17. The summed E-state index contributed by atoms with van der Waals surface area (Å²) in [5, 5.41) is 1.34. The van der Waals surface area contributed by atoms with Gasteiger partial charge in [0.2, 0.25) is 0 Å². The van der Waals surface area contributed by atoms with Crippen molar-refractivity contribution in [3.8, 4) is 5.75 Å². The molecule has 2 heterocycles. The second-order valence-electron chi connectivity index (χ2n) is 7.40. The fourth-order valence-electron chi connectivity index (χ4n) is 3.77. The van der Waals surface area contributed by atoms with Crippen molar-refractivity contribution in [1.82, 2.24) is 9.97 Å². The molecule has 0 fully saturated rings. The van der Waals surface area contributed by atoms with Crippen LogP contribution in [0.25, 0.3) is 10.9 Å². The van der Waals surface area contributed by atoms with Crippen molar-refractivity contribution < 1.29 is 19.1 Å². The first kappa shape index (κ1) is 21.6. The van der Waals surface area contributed by atoms with Gasteiger partial charge in [-0.15, -0.1) is 0 Å². The van der Waals surface area contributed by atoms with E-state index < -0.39 is 17.9 Å². The summed E-state index contributed by atoms with van der Waals surface area (Å²) in [7, 11) is 1.59. The molecule has 0 amide bonds. The zero-order chi connectivity index (χ0) is 22.7. The maximum atomic E-state index is 13.3. The first-order valence-electron chi connectivity index (χ1n) is 10.0. The molecule has 32 heavy (non-hydrogen) atoms. The zero-order valence-corrected chi connectivity index (χ0v) is 18.3. The number of rotatable bonds is 6. The van der Waals surface area contributed by atoms with Gasteiger partial charge in [0.05, 0.1) is 18.6 Å². The van der Waals surface area contributed by atoms with Crippen LogP contribution in [-0.2, 0) is 16.0 Å². The number of methoxy groups -OCH3 is 1. The van der Waals surface area contributed by atoms with Gasteiger partial charge in [0.1, 0.15) is 5.75 Å². The Morgan fingerprint density at radius 1 is 1.06 bits per heavy atom. The largest absolute Gasteiger partial charge is 0.497 e. The predicted molar refractivity (Wildman–Crippen MR) is 122 cm³/mol. The van der Waals surface area contributed by atoms with Crippen LogP contribution in [0, 0.1) is 6.92 Å². The van der Waals surface area contributed by atoms with Crippen LogP contribution in [0.2, 0.25) is 5.02 Å². The van der Waals surface area contributed by atoms with Gasteiger partial charge in [-0.05, 0) is 79.1 Å². The van der Waals surface area contributed by atoms with Gasteiger partial charge in [0.15, 0.2) is 0 Å². The number of fused-ring (bicyclic) bond motifs is 1. The number of aromatic nitrogens is 2. The number of benzene rings is 2. The first-order chi connectivity index (χ1) is 15.5. The van der Waals surface area contributed by atoms with Gasteiger partial charge in [-0.25, -0.2) is 4.79 Å². The number of pyridine rings is 1. The number of hydrogen-bond acceptors (Lipinski definition) is 5. The lowest BCUT2D eigenvalue weighted by Crippen LogP contribution is -2.22. The van der Waals surface area contributed by atoms with Crippen molar-refractivity contribution in [1.29, 1.82) is 0 Å². The summed E-state index contributed by atoms with van der Waals surface area (Å²) in [4.78, 5) is 33.3. The fourth-order valence-corrected chi connectivity index (χ4v) is 3.89. The summed E-state index contributed by atoms with van der Waals surface area (Å²) in [6.07, 6.45) is 3.68. The number of aryl methyl sites for hydroxylation is 1. The van der Waals surface area contributed by atoms with E-state index >= 15 is 0 Å². The van der Waals surface area contributed by atoms with E-state index in [0.717, 1.165) is 27.7 Å². The maximum absolute atomic E-state index is 13.3. The van der Waals surface area contributed by atoms with Crippen LogP contribution < -0.4 is 4.74 Å². The summed E-state index contributed by atoms with van der Waals surface area (Å²) >= 11 is 5.89. The van der Waals surface area contributed by atoms with Crippen LogP contribution in [0.1, 0.15) is 33.1 Å². The number of aromatic amines is 1. The molecule has 4 rings (SSSR count). The Kier molecular flexibility index (Phi) is 6.23. The van der Waals surface area contributed by atoms with Crippen LogP contribution >= 0.6 is 11.6 Å². The van der Waals surface area contributed by atoms with E-state index in [2.05, 4.69) is 9.97 Å². The highest BCUT2D eigenvalue weighted by molar-refractivity contribution is 6.30. The Morgan fingerprint density at radius 2 is 1.78 bits per heavy atom. The Labute approximate surface area is 190 Å². The fraction of sp³-hybridized carbons (Fsp3) is 0.160. The maximum Gasteiger partial charge on any atom is 0.345 e. The second-order valence-corrected chi connectivity index (χ2v) is 7.84. The summed E-state index contributed by atoms with van der Waals surface area (Å²) in [5.74, 6) is -1.39. The number of nitrogens with one attached hydrogen (secondary N) is 1. The minimum atomic E-state index is -0.721. The third-order valence-corrected chi connectivity index (χ3v) is 5.59. The number of H-pyrrole nitrogens is 1. The normalized spacial score (nSPS) is 11.8. The molecule has 7 heteroatoms. The lowest BCUT2D eigenvalue weighted by molar-refractivity contribution is -0.139. The minimum absolute atomic E-state index is 0.253. The van der Waals surface area contributed by atoms with Gasteiger partial charge in [0.25, 0.3) is 0 Å². The number of hydrogen-bond donors (Lipinski definition) is 1. The minimum Gasteiger partial charge on any atom is -0.497 e. The molecule has 2 aromatic carbocycles. The number of esters is 2. The van der Waals surface area contributed by atoms with Crippen LogP contribution in [0.4, 0.5) is 0 Å². The average molecular weight is 449 g/mol. The van der Waals surface area contributed by atoms with Crippen LogP contribution in [0.15, 0.2) is 67.0 Å². The van der Waals surface area contributed by atoms with Gasteiger partial charge < -0.3 is 14.5 Å². The molecular weight excluding hydrogens is 428 g/mol. The molecule has 0 spiro atoms. The SMILES string of the molecule is COc1ccc2[nH]c(C)c(C(Cc3ccncc3)C(=O)OC(=O)c3ccc(Cl)cc3)c2c1. The third-order valence-electron chi connectivity index (χ3n) is 5.34. The molecule has 0 radical (unpaired) electrons. The number of nitrogens with zero attached hydrogens (tertiary/aromatic N) is 1. The Bertz CT molecular complexity index is 1270. The second kappa shape index (κ2) is 9.24.